The van der Waals surface area contributed by atoms with E-state index in [0.717, 1.165) is 36.9 Å². The highest BCUT2D eigenvalue weighted by Crippen LogP contribution is 2.26. The van der Waals surface area contributed by atoms with Gasteiger partial charge in [-0.3, -0.25) is 9.69 Å². The number of aliphatic hydroxyl groups excluding tert-OH is 1. The van der Waals surface area contributed by atoms with Gasteiger partial charge in [0.05, 0.1) is 6.54 Å². The number of hydrogen-bond acceptors (Lipinski definition) is 3. The lowest BCUT2D eigenvalue weighted by atomic mass is 9.86. The number of carbonyl (C=O) groups is 1. The Labute approximate surface area is 137 Å². The van der Waals surface area contributed by atoms with E-state index in [0.29, 0.717) is 23.5 Å². The molecule has 0 atom stereocenters. The summed E-state index contributed by atoms with van der Waals surface area (Å²) in [5.41, 5.74) is 1.78. The fourth-order valence-corrected chi connectivity index (χ4v) is 3.21. The Morgan fingerprint density at radius 3 is 2.68 bits per heavy atom. The molecule has 4 nitrogen and oxygen atoms in total. The summed E-state index contributed by atoms with van der Waals surface area (Å²) in [6, 6.07) is 5.92. The van der Waals surface area contributed by atoms with E-state index >= 15 is 0 Å². The summed E-state index contributed by atoms with van der Waals surface area (Å²) in [5, 5.41) is 12.7. The average molecular weight is 325 g/mol. The van der Waals surface area contributed by atoms with Crippen LogP contribution in [0.1, 0.15) is 31.2 Å². The highest BCUT2D eigenvalue weighted by Gasteiger charge is 2.24. The van der Waals surface area contributed by atoms with Gasteiger partial charge in [-0.25, -0.2) is 0 Å². The minimum atomic E-state index is -0.0165. The van der Waals surface area contributed by atoms with E-state index in [-0.39, 0.29) is 12.5 Å². The van der Waals surface area contributed by atoms with Gasteiger partial charge in [0, 0.05) is 23.4 Å². The van der Waals surface area contributed by atoms with Crippen molar-refractivity contribution in [3.05, 3.63) is 28.8 Å². The summed E-state index contributed by atoms with van der Waals surface area (Å²) in [6.45, 7) is 2.61. The number of nitrogens with zero attached hydrogens (tertiary/aromatic N) is 1. The maximum atomic E-state index is 12.2. The van der Waals surface area contributed by atoms with Gasteiger partial charge in [-0.2, -0.15) is 0 Å². The van der Waals surface area contributed by atoms with Crippen LogP contribution in [-0.2, 0) is 4.79 Å². The smallest absolute Gasteiger partial charge is 0.238 e. The molecular formula is C17H25ClN2O2. The van der Waals surface area contributed by atoms with E-state index in [9.17, 15) is 9.90 Å². The van der Waals surface area contributed by atoms with Crippen LogP contribution in [0.5, 0.6) is 0 Å². The predicted octanol–water partition coefficient (Wildman–Crippen LogP) is 3.07. The molecule has 1 fully saturated rings. The van der Waals surface area contributed by atoms with Gasteiger partial charge in [0.25, 0.3) is 0 Å². The zero-order valence-electron chi connectivity index (χ0n) is 13.3. The van der Waals surface area contributed by atoms with Crippen molar-refractivity contribution in [1.82, 2.24) is 4.90 Å². The standard InChI is InChI=1S/C17H25ClN2O2/c1-12-3-6-14(18)9-16(12)19-17(22)10-20(2)15-7-4-13(11-21)5-8-15/h3,6,9,13,15,21H,4-5,7-8,10-11H2,1-2H3,(H,19,22). The molecule has 1 aliphatic rings. The SMILES string of the molecule is Cc1ccc(Cl)cc1NC(=O)CN(C)C1CCC(CO)CC1. The minimum absolute atomic E-state index is 0.0165. The van der Waals surface area contributed by atoms with Gasteiger partial charge in [-0.1, -0.05) is 17.7 Å². The number of rotatable bonds is 5. The van der Waals surface area contributed by atoms with Crippen LogP contribution < -0.4 is 5.32 Å². The Morgan fingerprint density at radius 2 is 2.05 bits per heavy atom. The maximum absolute atomic E-state index is 12.2. The highest BCUT2D eigenvalue weighted by molar-refractivity contribution is 6.31. The summed E-state index contributed by atoms with van der Waals surface area (Å²) >= 11 is 5.97. The highest BCUT2D eigenvalue weighted by atomic mass is 35.5. The number of anilines is 1. The van der Waals surface area contributed by atoms with Crippen LogP contribution in [0.15, 0.2) is 18.2 Å². The molecule has 2 rings (SSSR count). The van der Waals surface area contributed by atoms with E-state index in [1.54, 1.807) is 6.07 Å². The molecule has 0 unspecified atom stereocenters. The number of halogens is 1. The van der Waals surface area contributed by atoms with E-state index < -0.39 is 0 Å². The van der Waals surface area contributed by atoms with Crippen LogP contribution in [0.3, 0.4) is 0 Å². The van der Waals surface area contributed by atoms with Crippen LogP contribution in [0.2, 0.25) is 5.02 Å². The van der Waals surface area contributed by atoms with Gasteiger partial charge in [-0.05, 0) is 63.3 Å². The van der Waals surface area contributed by atoms with Crippen molar-refractivity contribution in [2.75, 3.05) is 25.5 Å². The Balaban J connectivity index is 1.85. The molecule has 0 aromatic heterocycles. The molecule has 0 saturated heterocycles. The summed E-state index contributed by atoms with van der Waals surface area (Å²) in [7, 11) is 1.99. The molecule has 0 bridgehead atoms. The van der Waals surface area contributed by atoms with Crippen molar-refractivity contribution in [2.45, 2.75) is 38.6 Å². The first-order valence-corrected chi connectivity index (χ1v) is 8.24. The normalized spacial score (nSPS) is 21.9. The zero-order valence-corrected chi connectivity index (χ0v) is 14.1. The van der Waals surface area contributed by atoms with E-state index in [4.69, 9.17) is 11.6 Å². The second-order valence-electron chi connectivity index (χ2n) is 6.28. The first-order chi connectivity index (χ1) is 10.5. The van der Waals surface area contributed by atoms with Crippen molar-refractivity contribution in [1.29, 1.82) is 0 Å². The van der Waals surface area contributed by atoms with Crippen molar-refractivity contribution >= 4 is 23.2 Å². The lowest BCUT2D eigenvalue weighted by molar-refractivity contribution is -0.117. The molecule has 0 spiro atoms. The molecule has 0 aliphatic heterocycles. The van der Waals surface area contributed by atoms with Crippen molar-refractivity contribution < 1.29 is 9.90 Å². The van der Waals surface area contributed by atoms with Gasteiger partial charge >= 0.3 is 0 Å². The Bertz CT molecular complexity index is 513. The van der Waals surface area contributed by atoms with Crippen molar-refractivity contribution in [3.63, 3.8) is 0 Å². The first kappa shape index (κ1) is 17.3. The molecule has 1 aromatic rings. The van der Waals surface area contributed by atoms with Gasteiger partial charge < -0.3 is 10.4 Å². The quantitative estimate of drug-likeness (QED) is 0.875. The van der Waals surface area contributed by atoms with E-state index in [2.05, 4.69) is 10.2 Å². The molecule has 1 saturated carbocycles. The molecule has 122 valence electrons. The predicted molar refractivity (Wildman–Crippen MR) is 90.3 cm³/mol. The minimum Gasteiger partial charge on any atom is -0.396 e. The molecule has 22 heavy (non-hydrogen) atoms. The number of nitrogens with one attached hydrogen (secondary N) is 1. The molecule has 2 N–H and O–H groups in total. The number of hydrogen-bond donors (Lipinski definition) is 2. The molecular weight excluding hydrogens is 300 g/mol. The topological polar surface area (TPSA) is 52.6 Å². The third-order valence-electron chi connectivity index (χ3n) is 4.56. The van der Waals surface area contributed by atoms with Crippen LogP contribution in [0.4, 0.5) is 5.69 Å². The van der Waals surface area contributed by atoms with Crippen LogP contribution in [0.25, 0.3) is 0 Å². The molecule has 1 amide bonds. The Hall–Kier alpha value is -1.10. The number of benzene rings is 1. The van der Waals surface area contributed by atoms with Gasteiger partial charge in [0.2, 0.25) is 5.91 Å². The molecule has 1 aromatic carbocycles. The van der Waals surface area contributed by atoms with Crippen LogP contribution in [-0.4, -0.2) is 42.2 Å². The van der Waals surface area contributed by atoms with Crippen LogP contribution in [0, 0.1) is 12.8 Å². The second kappa shape index (κ2) is 7.95. The zero-order chi connectivity index (χ0) is 16.1. The second-order valence-corrected chi connectivity index (χ2v) is 6.72. The largest absolute Gasteiger partial charge is 0.396 e. The van der Waals surface area contributed by atoms with E-state index in [1.807, 2.05) is 26.1 Å². The first-order valence-electron chi connectivity index (χ1n) is 7.86. The number of carbonyl (C=O) groups excluding carboxylic acids is 1. The average Bonchev–Trinajstić information content (AvgIpc) is 2.51. The van der Waals surface area contributed by atoms with Gasteiger partial charge in [0.15, 0.2) is 0 Å². The number of likely N-dealkylation sites (N-methyl/N-ethyl adjacent to an activating group) is 1. The molecule has 0 radical (unpaired) electrons. The molecule has 5 heteroatoms. The van der Waals surface area contributed by atoms with Crippen molar-refractivity contribution in [3.8, 4) is 0 Å². The Morgan fingerprint density at radius 1 is 1.36 bits per heavy atom. The lowest BCUT2D eigenvalue weighted by Crippen LogP contribution is -2.40. The fourth-order valence-electron chi connectivity index (χ4n) is 3.04. The third-order valence-corrected chi connectivity index (χ3v) is 4.80. The van der Waals surface area contributed by atoms with Gasteiger partial charge in [-0.15, -0.1) is 0 Å². The number of aliphatic hydroxyl groups is 1. The summed E-state index contributed by atoms with van der Waals surface area (Å²) in [4.78, 5) is 14.3. The molecule has 0 heterocycles. The van der Waals surface area contributed by atoms with Gasteiger partial charge in [0.1, 0.15) is 0 Å². The van der Waals surface area contributed by atoms with Crippen molar-refractivity contribution in [2.24, 2.45) is 5.92 Å². The monoisotopic (exact) mass is 324 g/mol. The summed E-state index contributed by atoms with van der Waals surface area (Å²) < 4.78 is 0. The molecule has 1 aliphatic carbocycles. The fraction of sp³-hybridized carbons (Fsp3) is 0.588. The number of amides is 1. The summed E-state index contributed by atoms with van der Waals surface area (Å²) in [5.74, 6) is 0.421. The lowest BCUT2D eigenvalue weighted by Gasteiger charge is -2.33. The Kier molecular flexibility index (Phi) is 6.24. The maximum Gasteiger partial charge on any atom is 0.238 e. The number of aryl methyl sites for hydroxylation is 1. The third kappa shape index (κ3) is 4.70. The van der Waals surface area contributed by atoms with Crippen LogP contribution >= 0.6 is 11.6 Å². The summed E-state index contributed by atoms with van der Waals surface area (Å²) in [6.07, 6.45) is 4.18. The van der Waals surface area contributed by atoms with E-state index in [1.165, 1.54) is 0 Å².